The molecule has 0 heterocycles. The molecule has 2 atom stereocenters. The number of aliphatic hydroxyl groups is 1. The molecule has 0 bridgehead atoms. The van der Waals surface area contributed by atoms with E-state index in [1.807, 2.05) is 6.92 Å². The van der Waals surface area contributed by atoms with Gasteiger partial charge in [-0.1, -0.05) is 78.1 Å². The molecular weight excluding hydrogens is 335 g/mol. The van der Waals surface area contributed by atoms with E-state index >= 15 is 0 Å². The molecule has 0 radical (unpaired) electrons. The van der Waals surface area contributed by atoms with Crippen LogP contribution < -0.4 is 29.6 Å². The van der Waals surface area contributed by atoms with Gasteiger partial charge in [0.05, 0.1) is 16.2 Å². The number of aliphatic hydroxyl groups excluding tert-OH is 1. The summed E-state index contributed by atoms with van der Waals surface area (Å²) in [6.45, 7) is 4.20. The average molecular weight is 373 g/mol. The van der Waals surface area contributed by atoms with Gasteiger partial charge in [0.2, 0.25) is 0 Å². The molecule has 0 aromatic carbocycles. The van der Waals surface area contributed by atoms with Crippen molar-refractivity contribution in [2.45, 2.75) is 115 Å². The third-order valence-electron chi connectivity index (χ3n) is 4.49. The van der Waals surface area contributed by atoms with E-state index in [2.05, 4.69) is 6.92 Å². The largest absolute Gasteiger partial charge is 1.00 e. The van der Waals surface area contributed by atoms with E-state index in [1.54, 1.807) is 0 Å². The Labute approximate surface area is 172 Å². The quantitative estimate of drug-likeness (QED) is 0.254. The molecule has 0 amide bonds. The minimum Gasteiger partial charge on any atom is -0.748 e. The van der Waals surface area contributed by atoms with Gasteiger partial charge >= 0.3 is 29.6 Å². The second-order valence-electron chi connectivity index (χ2n) is 6.75. The molecule has 6 heteroatoms. The fraction of sp³-hybridized carbons (Fsp3) is 1.00. The molecular formula is C18H37NaO4S. The molecule has 0 aliphatic rings. The fourth-order valence-electron chi connectivity index (χ4n) is 2.92. The Balaban J connectivity index is 0. The van der Waals surface area contributed by atoms with Crippen LogP contribution in [0.15, 0.2) is 0 Å². The number of unbranched alkanes of at least 4 members (excludes halogenated alkanes) is 7. The Kier molecular flexibility index (Phi) is 19.5. The van der Waals surface area contributed by atoms with E-state index < -0.39 is 15.4 Å². The maximum atomic E-state index is 11.2. The van der Waals surface area contributed by atoms with E-state index in [0.29, 0.717) is 25.7 Å². The average Bonchev–Trinajstić information content (AvgIpc) is 2.48. The van der Waals surface area contributed by atoms with Crippen molar-refractivity contribution in [1.29, 1.82) is 0 Å². The van der Waals surface area contributed by atoms with Crippen LogP contribution in [-0.4, -0.2) is 29.4 Å². The Morgan fingerprint density at radius 3 is 1.71 bits per heavy atom. The van der Waals surface area contributed by atoms with Crippen molar-refractivity contribution < 1.29 is 47.6 Å². The smallest absolute Gasteiger partial charge is 0.748 e. The van der Waals surface area contributed by atoms with Gasteiger partial charge in [-0.05, 0) is 25.7 Å². The zero-order valence-electron chi connectivity index (χ0n) is 16.1. The van der Waals surface area contributed by atoms with Crippen molar-refractivity contribution in [3.63, 3.8) is 0 Å². The van der Waals surface area contributed by atoms with Crippen LogP contribution >= 0.6 is 0 Å². The van der Waals surface area contributed by atoms with Gasteiger partial charge in [0.1, 0.15) is 0 Å². The summed E-state index contributed by atoms with van der Waals surface area (Å²) < 4.78 is 33.6. The molecule has 0 rings (SSSR count). The van der Waals surface area contributed by atoms with E-state index in [1.165, 1.54) is 32.1 Å². The summed E-state index contributed by atoms with van der Waals surface area (Å²) in [5.41, 5.74) is 0. The van der Waals surface area contributed by atoms with E-state index in [4.69, 9.17) is 0 Å². The van der Waals surface area contributed by atoms with Crippen molar-refractivity contribution in [1.82, 2.24) is 0 Å². The van der Waals surface area contributed by atoms with Gasteiger partial charge in [0.25, 0.3) is 0 Å². The van der Waals surface area contributed by atoms with Crippen LogP contribution in [0.1, 0.15) is 104 Å². The molecule has 0 aromatic rings. The number of hydrogen-bond acceptors (Lipinski definition) is 4. The Hall–Kier alpha value is 0.870. The third-order valence-corrected chi connectivity index (χ3v) is 5.78. The van der Waals surface area contributed by atoms with Crippen molar-refractivity contribution in [3.8, 4) is 0 Å². The summed E-state index contributed by atoms with van der Waals surface area (Å²) in [6.07, 6.45) is 12.7. The maximum Gasteiger partial charge on any atom is 1.00 e. The molecule has 0 aliphatic heterocycles. The molecule has 0 saturated carbocycles. The molecule has 0 aliphatic carbocycles. The van der Waals surface area contributed by atoms with Crippen molar-refractivity contribution in [2.75, 3.05) is 0 Å². The molecule has 0 fully saturated rings. The first-order valence-electron chi connectivity index (χ1n) is 9.54. The SMILES string of the molecule is CCCCCCCCC(O)CCCCC(CCCC)S(=O)(=O)[O-].[Na+]. The molecule has 0 aromatic heterocycles. The Morgan fingerprint density at radius 2 is 1.17 bits per heavy atom. The van der Waals surface area contributed by atoms with Crippen LogP contribution in [0, 0.1) is 0 Å². The van der Waals surface area contributed by atoms with Gasteiger partial charge in [0.15, 0.2) is 0 Å². The number of hydrogen-bond donors (Lipinski definition) is 1. The van der Waals surface area contributed by atoms with E-state index in [-0.39, 0.29) is 35.7 Å². The molecule has 0 spiro atoms. The van der Waals surface area contributed by atoms with Crippen LogP contribution in [0.3, 0.4) is 0 Å². The van der Waals surface area contributed by atoms with E-state index in [9.17, 15) is 18.1 Å². The fourth-order valence-corrected chi connectivity index (χ4v) is 3.83. The second kappa shape index (κ2) is 17.3. The molecule has 0 saturated heterocycles. The van der Waals surface area contributed by atoms with E-state index in [0.717, 1.165) is 32.1 Å². The predicted octanol–water partition coefficient (Wildman–Crippen LogP) is 1.77. The van der Waals surface area contributed by atoms with Gasteiger partial charge in [-0.2, -0.15) is 0 Å². The summed E-state index contributed by atoms with van der Waals surface area (Å²) in [5, 5.41) is 9.20. The Bertz CT molecular complexity index is 360. The van der Waals surface area contributed by atoms with Gasteiger partial charge in [0, 0.05) is 5.25 Å². The molecule has 24 heavy (non-hydrogen) atoms. The summed E-state index contributed by atoms with van der Waals surface area (Å²) >= 11 is 0. The first-order valence-corrected chi connectivity index (χ1v) is 11.0. The molecule has 2 unspecified atom stereocenters. The summed E-state index contributed by atoms with van der Waals surface area (Å²) in [7, 11) is -4.18. The summed E-state index contributed by atoms with van der Waals surface area (Å²) in [5.74, 6) is 0. The van der Waals surface area contributed by atoms with Crippen LogP contribution in [-0.2, 0) is 10.1 Å². The normalized spacial score (nSPS) is 14.2. The monoisotopic (exact) mass is 372 g/mol. The predicted molar refractivity (Wildman–Crippen MR) is 95.5 cm³/mol. The summed E-state index contributed by atoms with van der Waals surface area (Å²) in [6, 6.07) is 0. The van der Waals surface area contributed by atoms with Gasteiger partial charge in [-0.15, -0.1) is 0 Å². The van der Waals surface area contributed by atoms with Gasteiger partial charge in [-0.3, -0.25) is 0 Å². The molecule has 4 nitrogen and oxygen atoms in total. The zero-order chi connectivity index (χ0) is 17.6. The van der Waals surface area contributed by atoms with Crippen LogP contribution in [0.5, 0.6) is 0 Å². The van der Waals surface area contributed by atoms with Crippen LogP contribution in [0.2, 0.25) is 0 Å². The third kappa shape index (κ3) is 16.3. The first-order chi connectivity index (χ1) is 10.9. The number of rotatable bonds is 16. The van der Waals surface area contributed by atoms with Crippen LogP contribution in [0.4, 0.5) is 0 Å². The first kappa shape index (κ1) is 27.1. The Morgan fingerprint density at radius 1 is 0.750 bits per heavy atom. The minimum absolute atomic E-state index is 0. The topological polar surface area (TPSA) is 77.4 Å². The van der Waals surface area contributed by atoms with Crippen molar-refractivity contribution in [3.05, 3.63) is 0 Å². The van der Waals surface area contributed by atoms with Gasteiger partial charge in [-0.25, -0.2) is 8.42 Å². The standard InChI is InChI=1S/C18H38O4S.Na/c1-3-5-7-8-9-10-13-17(19)14-11-12-16-18(15-6-4-2)23(20,21)22;/h17-19H,3-16H2,1-2H3,(H,20,21,22);/q;+1/p-1. The van der Waals surface area contributed by atoms with Crippen molar-refractivity contribution >= 4 is 10.1 Å². The van der Waals surface area contributed by atoms with Crippen LogP contribution in [0.25, 0.3) is 0 Å². The minimum atomic E-state index is -4.18. The van der Waals surface area contributed by atoms with Gasteiger partial charge < -0.3 is 9.66 Å². The molecule has 1 N–H and O–H groups in total. The second-order valence-corrected chi connectivity index (χ2v) is 8.40. The van der Waals surface area contributed by atoms with Crippen molar-refractivity contribution in [2.24, 2.45) is 0 Å². The zero-order valence-corrected chi connectivity index (χ0v) is 19.0. The molecule has 140 valence electrons. The maximum absolute atomic E-state index is 11.2. The summed E-state index contributed by atoms with van der Waals surface area (Å²) in [4.78, 5) is 0.